The third-order valence-electron chi connectivity index (χ3n) is 5.55. The summed E-state index contributed by atoms with van der Waals surface area (Å²) in [6, 6.07) is 20.0. The number of benzene rings is 3. The first kappa shape index (κ1) is 23.2. The number of pyridine rings is 1. The molecule has 0 spiro atoms. The van der Waals surface area contributed by atoms with Crippen molar-refractivity contribution in [2.75, 3.05) is 0 Å². The number of para-hydroxylation sites is 1. The fourth-order valence-electron chi connectivity index (χ4n) is 3.62. The van der Waals surface area contributed by atoms with Gasteiger partial charge in [0, 0.05) is 28.3 Å². The van der Waals surface area contributed by atoms with Crippen molar-refractivity contribution in [3.63, 3.8) is 0 Å². The Bertz CT molecular complexity index is 1480. The number of nitrogens with zero attached hydrogens (tertiary/aromatic N) is 2. The SMILES string of the molecule is CCc1cccc(Cl)c1C(=O)N(N)C(=O)c1ccc(C)c(C#Cc2cnc3ccccc3c2)c1. The predicted molar refractivity (Wildman–Crippen MR) is 134 cm³/mol. The van der Waals surface area contributed by atoms with Gasteiger partial charge >= 0.3 is 0 Å². The number of aromatic nitrogens is 1. The van der Waals surface area contributed by atoms with Crippen molar-refractivity contribution < 1.29 is 9.59 Å². The molecule has 0 saturated heterocycles. The Morgan fingerprint density at radius 3 is 2.59 bits per heavy atom. The van der Waals surface area contributed by atoms with Gasteiger partial charge in [0.05, 0.1) is 16.1 Å². The molecular weight excluding hydrogens is 446 g/mol. The van der Waals surface area contributed by atoms with Gasteiger partial charge in [-0.15, -0.1) is 0 Å². The van der Waals surface area contributed by atoms with E-state index >= 15 is 0 Å². The normalized spacial score (nSPS) is 10.5. The van der Waals surface area contributed by atoms with Crippen molar-refractivity contribution in [3.05, 3.63) is 111 Å². The summed E-state index contributed by atoms with van der Waals surface area (Å²) in [5.74, 6) is 10.9. The number of nitrogens with two attached hydrogens (primary N) is 1. The van der Waals surface area contributed by atoms with Crippen molar-refractivity contribution in [1.82, 2.24) is 9.99 Å². The van der Waals surface area contributed by atoms with E-state index in [9.17, 15) is 9.59 Å². The number of rotatable bonds is 3. The van der Waals surface area contributed by atoms with Crippen LogP contribution in [0.2, 0.25) is 5.02 Å². The van der Waals surface area contributed by atoms with Crippen LogP contribution in [0, 0.1) is 18.8 Å². The lowest BCUT2D eigenvalue weighted by molar-refractivity contribution is 0.0615. The summed E-state index contributed by atoms with van der Waals surface area (Å²) in [4.78, 5) is 30.4. The van der Waals surface area contributed by atoms with Crippen LogP contribution in [0.3, 0.4) is 0 Å². The second-order valence-corrected chi connectivity index (χ2v) is 8.21. The van der Waals surface area contributed by atoms with Gasteiger partial charge in [0.15, 0.2) is 0 Å². The average molecular weight is 468 g/mol. The summed E-state index contributed by atoms with van der Waals surface area (Å²) in [5, 5.41) is 1.86. The minimum atomic E-state index is -0.650. The average Bonchev–Trinajstić information content (AvgIpc) is 2.86. The quantitative estimate of drug-likeness (QED) is 0.145. The monoisotopic (exact) mass is 467 g/mol. The molecular formula is C28H22ClN3O2. The van der Waals surface area contributed by atoms with Gasteiger partial charge in [-0.3, -0.25) is 14.6 Å². The number of carbonyl (C=O) groups excluding carboxylic acids is 2. The van der Waals surface area contributed by atoms with E-state index in [-0.39, 0.29) is 16.1 Å². The van der Waals surface area contributed by atoms with Crippen LogP contribution in [0.25, 0.3) is 10.9 Å². The van der Waals surface area contributed by atoms with Crippen LogP contribution >= 0.6 is 11.6 Å². The zero-order valence-corrected chi connectivity index (χ0v) is 19.6. The van der Waals surface area contributed by atoms with Gasteiger partial charge in [0.25, 0.3) is 11.8 Å². The highest BCUT2D eigenvalue weighted by Gasteiger charge is 2.25. The van der Waals surface area contributed by atoms with Crippen molar-refractivity contribution in [3.8, 4) is 11.8 Å². The highest BCUT2D eigenvalue weighted by atomic mass is 35.5. The van der Waals surface area contributed by atoms with E-state index in [1.807, 2.05) is 44.2 Å². The molecule has 3 aromatic carbocycles. The molecule has 0 aliphatic heterocycles. The smallest absolute Gasteiger partial charge is 0.267 e. The van der Waals surface area contributed by atoms with E-state index < -0.39 is 11.8 Å². The van der Waals surface area contributed by atoms with E-state index in [4.69, 9.17) is 17.4 Å². The van der Waals surface area contributed by atoms with E-state index in [0.717, 1.165) is 27.6 Å². The molecule has 0 atom stereocenters. The first-order chi connectivity index (χ1) is 16.4. The highest BCUT2D eigenvalue weighted by Crippen LogP contribution is 2.23. The van der Waals surface area contributed by atoms with Crippen molar-refractivity contribution >= 4 is 34.3 Å². The Morgan fingerprint density at radius 1 is 1.00 bits per heavy atom. The molecule has 168 valence electrons. The zero-order valence-electron chi connectivity index (χ0n) is 18.8. The molecule has 0 bridgehead atoms. The maximum atomic E-state index is 13.0. The zero-order chi connectivity index (χ0) is 24.2. The van der Waals surface area contributed by atoms with Crippen LogP contribution in [0.1, 0.15) is 49.9 Å². The summed E-state index contributed by atoms with van der Waals surface area (Å²) in [7, 11) is 0. The maximum Gasteiger partial charge on any atom is 0.276 e. The number of imide groups is 1. The largest absolute Gasteiger partial charge is 0.276 e. The molecule has 0 fully saturated rings. The van der Waals surface area contributed by atoms with Crippen LogP contribution in [0.4, 0.5) is 0 Å². The van der Waals surface area contributed by atoms with Crippen molar-refractivity contribution in [1.29, 1.82) is 0 Å². The Morgan fingerprint density at radius 2 is 1.79 bits per heavy atom. The third-order valence-corrected chi connectivity index (χ3v) is 5.86. The molecule has 0 unspecified atom stereocenters. The molecule has 1 heterocycles. The maximum absolute atomic E-state index is 13.0. The minimum absolute atomic E-state index is 0.235. The Kier molecular flexibility index (Phi) is 6.74. The molecule has 4 aromatic rings. The minimum Gasteiger partial charge on any atom is -0.267 e. The van der Waals surface area contributed by atoms with Crippen LogP contribution in [-0.4, -0.2) is 21.8 Å². The van der Waals surface area contributed by atoms with E-state index in [1.165, 1.54) is 0 Å². The molecule has 6 heteroatoms. The van der Waals surface area contributed by atoms with Gasteiger partial charge in [0.1, 0.15) is 0 Å². The molecule has 0 saturated carbocycles. The molecule has 2 N–H and O–H groups in total. The number of carbonyl (C=O) groups is 2. The van der Waals surface area contributed by atoms with Gasteiger partial charge in [-0.05, 0) is 54.8 Å². The van der Waals surface area contributed by atoms with Crippen LogP contribution in [-0.2, 0) is 6.42 Å². The second kappa shape index (κ2) is 9.88. The van der Waals surface area contributed by atoms with Gasteiger partial charge in [-0.25, -0.2) is 10.9 Å². The number of hydrogen-bond acceptors (Lipinski definition) is 4. The number of hydrogen-bond donors (Lipinski definition) is 1. The fraction of sp³-hybridized carbons (Fsp3) is 0.107. The lowest BCUT2D eigenvalue weighted by Gasteiger charge is -2.18. The van der Waals surface area contributed by atoms with Crippen LogP contribution in [0.5, 0.6) is 0 Å². The van der Waals surface area contributed by atoms with E-state index in [1.54, 1.807) is 42.6 Å². The molecule has 0 aliphatic rings. The van der Waals surface area contributed by atoms with Crippen LogP contribution in [0.15, 0.2) is 72.9 Å². The highest BCUT2D eigenvalue weighted by molar-refractivity contribution is 6.34. The van der Waals surface area contributed by atoms with Crippen LogP contribution < -0.4 is 5.84 Å². The fourth-order valence-corrected chi connectivity index (χ4v) is 3.90. The number of amides is 2. The summed E-state index contributed by atoms with van der Waals surface area (Å²) in [6.45, 7) is 3.81. The Hall–Kier alpha value is -3.98. The first-order valence-corrected chi connectivity index (χ1v) is 11.1. The van der Waals surface area contributed by atoms with Gasteiger partial charge in [-0.1, -0.05) is 66.8 Å². The first-order valence-electron chi connectivity index (χ1n) is 10.8. The summed E-state index contributed by atoms with van der Waals surface area (Å²) < 4.78 is 0. The number of halogens is 1. The van der Waals surface area contributed by atoms with Gasteiger partial charge < -0.3 is 0 Å². The van der Waals surface area contributed by atoms with Crippen molar-refractivity contribution in [2.24, 2.45) is 5.84 Å². The third kappa shape index (κ3) is 4.69. The predicted octanol–water partition coefficient (Wildman–Crippen LogP) is 5.32. The lowest BCUT2D eigenvalue weighted by Crippen LogP contribution is -2.43. The topological polar surface area (TPSA) is 76.3 Å². The summed E-state index contributed by atoms with van der Waals surface area (Å²) in [6.07, 6.45) is 2.30. The summed E-state index contributed by atoms with van der Waals surface area (Å²) in [5.41, 5.74) is 4.43. The molecule has 0 radical (unpaired) electrons. The molecule has 0 aliphatic carbocycles. The number of hydrazine groups is 1. The lowest BCUT2D eigenvalue weighted by atomic mass is 10.0. The molecule has 2 amide bonds. The molecule has 34 heavy (non-hydrogen) atoms. The molecule has 5 nitrogen and oxygen atoms in total. The Labute approximate surface area is 203 Å². The van der Waals surface area contributed by atoms with Crippen molar-refractivity contribution in [2.45, 2.75) is 20.3 Å². The number of fused-ring (bicyclic) bond motifs is 1. The molecule has 1 aromatic heterocycles. The standard InChI is InChI=1S/C28H22ClN3O2/c1-3-20-8-6-9-24(29)26(20)28(34)32(30)27(33)23-13-11-18(2)21(16-23)14-12-19-15-22-7-4-5-10-25(22)31-17-19/h4-11,13,15-17H,3,30H2,1-2H3. The molecule has 4 rings (SSSR count). The summed E-state index contributed by atoms with van der Waals surface area (Å²) >= 11 is 6.24. The number of aryl methyl sites for hydroxylation is 2. The van der Waals surface area contributed by atoms with Gasteiger partial charge in [0.2, 0.25) is 0 Å². The Balaban J connectivity index is 1.62. The van der Waals surface area contributed by atoms with Gasteiger partial charge in [-0.2, -0.15) is 0 Å². The van der Waals surface area contributed by atoms with E-state index in [2.05, 4.69) is 16.8 Å². The van der Waals surface area contributed by atoms with E-state index in [0.29, 0.717) is 17.0 Å². The second-order valence-electron chi connectivity index (χ2n) is 7.80.